The van der Waals surface area contributed by atoms with Gasteiger partial charge in [0, 0.05) is 28.9 Å². The topological polar surface area (TPSA) is 74.8 Å². The normalized spacial score (nSPS) is 10.7. The number of pyridine rings is 2. The number of nitrogens with one attached hydrogen (secondary N) is 2. The maximum atomic E-state index is 12.4. The molecule has 116 valence electrons. The van der Waals surface area contributed by atoms with E-state index in [0.29, 0.717) is 11.3 Å². The van der Waals surface area contributed by atoms with Crippen LogP contribution >= 0.6 is 11.6 Å². The van der Waals surface area contributed by atoms with Crippen LogP contribution in [0.1, 0.15) is 21.5 Å². The lowest BCUT2D eigenvalue weighted by Gasteiger charge is -2.10. The van der Waals surface area contributed by atoms with Crippen molar-refractivity contribution in [2.75, 3.05) is 5.32 Å². The van der Waals surface area contributed by atoms with Gasteiger partial charge >= 0.3 is 0 Å². The highest BCUT2D eigenvalue weighted by molar-refractivity contribution is 6.33. The van der Waals surface area contributed by atoms with Gasteiger partial charge in [0.2, 0.25) is 5.56 Å². The molecule has 1 amide bonds. The standard InChI is InChI=1S/C17H14ClN3O2/c1-9-5-6-19-16(18)15(9)17(23)20-11-3-4-13-12(8-11)10(2)7-14(22)21-13/h3-8H,1-2H3,(H,20,23)(H,21,22). The predicted molar refractivity (Wildman–Crippen MR) is 91.2 cm³/mol. The Morgan fingerprint density at radius 1 is 1.17 bits per heavy atom. The van der Waals surface area contributed by atoms with Crippen LogP contribution in [0, 0.1) is 13.8 Å². The van der Waals surface area contributed by atoms with E-state index < -0.39 is 0 Å². The molecule has 0 unspecified atom stereocenters. The maximum Gasteiger partial charge on any atom is 0.259 e. The first-order chi connectivity index (χ1) is 11.0. The lowest BCUT2D eigenvalue weighted by atomic mass is 10.1. The van der Waals surface area contributed by atoms with Gasteiger partial charge in [0.25, 0.3) is 5.91 Å². The number of benzene rings is 1. The smallest absolute Gasteiger partial charge is 0.259 e. The Morgan fingerprint density at radius 3 is 2.70 bits per heavy atom. The van der Waals surface area contributed by atoms with E-state index in [0.717, 1.165) is 22.0 Å². The number of H-pyrrole nitrogens is 1. The monoisotopic (exact) mass is 327 g/mol. The van der Waals surface area contributed by atoms with E-state index in [1.165, 1.54) is 6.07 Å². The molecule has 3 aromatic rings. The van der Waals surface area contributed by atoms with Crippen LogP contribution in [0.4, 0.5) is 5.69 Å². The number of aromatic nitrogens is 2. The van der Waals surface area contributed by atoms with Gasteiger partial charge in [-0.2, -0.15) is 0 Å². The fourth-order valence-electron chi connectivity index (χ4n) is 2.49. The zero-order valence-corrected chi connectivity index (χ0v) is 13.4. The number of aryl methyl sites for hydroxylation is 2. The molecule has 2 heterocycles. The van der Waals surface area contributed by atoms with Crippen molar-refractivity contribution in [1.82, 2.24) is 9.97 Å². The van der Waals surface area contributed by atoms with Gasteiger partial charge in [-0.15, -0.1) is 0 Å². The average molecular weight is 328 g/mol. The Hall–Kier alpha value is -2.66. The lowest BCUT2D eigenvalue weighted by Crippen LogP contribution is -2.14. The molecule has 5 nitrogen and oxygen atoms in total. The van der Waals surface area contributed by atoms with Gasteiger partial charge in [-0.3, -0.25) is 9.59 Å². The Balaban J connectivity index is 1.99. The summed E-state index contributed by atoms with van der Waals surface area (Å²) in [6.07, 6.45) is 1.56. The zero-order valence-electron chi connectivity index (χ0n) is 12.6. The van der Waals surface area contributed by atoms with Gasteiger partial charge in [-0.1, -0.05) is 11.6 Å². The van der Waals surface area contributed by atoms with Crippen molar-refractivity contribution < 1.29 is 4.79 Å². The largest absolute Gasteiger partial charge is 0.322 e. The van der Waals surface area contributed by atoms with Gasteiger partial charge in [0.1, 0.15) is 5.15 Å². The van der Waals surface area contributed by atoms with Crippen LogP contribution < -0.4 is 10.9 Å². The van der Waals surface area contributed by atoms with Crippen LogP contribution in [0.2, 0.25) is 5.15 Å². The molecule has 0 saturated carbocycles. The number of fused-ring (bicyclic) bond motifs is 1. The summed E-state index contributed by atoms with van der Waals surface area (Å²) >= 11 is 6.02. The van der Waals surface area contributed by atoms with Crippen molar-refractivity contribution >= 4 is 34.1 Å². The summed E-state index contributed by atoms with van der Waals surface area (Å²) in [7, 11) is 0. The van der Waals surface area contributed by atoms with Gasteiger partial charge in [0.05, 0.1) is 5.56 Å². The molecular weight excluding hydrogens is 314 g/mol. The molecule has 3 rings (SSSR count). The first kappa shape index (κ1) is 15.2. The molecule has 0 aliphatic rings. The molecular formula is C17H14ClN3O2. The Labute approximate surface area is 137 Å². The number of amides is 1. The minimum absolute atomic E-state index is 0.149. The molecule has 0 saturated heterocycles. The van der Waals surface area contributed by atoms with Gasteiger partial charge in [-0.25, -0.2) is 4.98 Å². The highest BCUT2D eigenvalue weighted by Gasteiger charge is 2.14. The van der Waals surface area contributed by atoms with Gasteiger partial charge < -0.3 is 10.3 Å². The van der Waals surface area contributed by atoms with Crippen LogP contribution in [0.5, 0.6) is 0 Å². The molecule has 0 bridgehead atoms. The van der Waals surface area contributed by atoms with Crippen molar-refractivity contribution in [3.63, 3.8) is 0 Å². The van der Waals surface area contributed by atoms with Crippen LogP contribution in [0.3, 0.4) is 0 Å². The number of hydrogen-bond donors (Lipinski definition) is 2. The number of anilines is 1. The SMILES string of the molecule is Cc1ccnc(Cl)c1C(=O)Nc1ccc2[nH]c(=O)cc(C)c2c1. The minimum Gasteiger partial charge on any atom is -0.322 e. The number of rotatable bonds is 2. The first-order valence-corrected chi connectivity index (χ1v) is 7.39. The summed E-state index contributed by atoms with van der Waals surface area (Å²) in [5.74, 6) is -0.318. The molecule has 2 aromatic heterocycles. The predicted octanol–water partition coefficient (Wildman–Crippen LogP) is 3.45. The molecule has 0 radical (unpaired) electrons. The van der Waals surface area contributed by atoms with Crippen molar-refractivity contribution in [3.8, 4) is 0 Å². The number of nitrogens with zero attached hydrogens (tertiary/aromatic N) is 1. The molecule has 0 atom stereocenters. The Bertz CT molecular complexity index is 959. The minimum atomic E-state index is -0.318. The first-order valence-electron chi connectivity index (χ1n) is 7.02. The number of halogens is 1. The number of hydrogen-bond acceptors (Lipinski definition) is 3. The summed E-state index contributed by atoms with van der Waals surface area (Å²) in [6.45, 7) is 3.66. The third-order valence-electron chi connectivity index (χ3n) is 3.65. The molecule has 0 aliphatic heterocycles. The van der Waals surface area contributed by atoms with E-state index in [1.54, 1.807) is 31.3 Å². The zero-order chi connectivity index (χ0) is 16.6. The summed E-state index contributed by atoms with van der Waals surface area (Å²) < 4.78 is 0. The molecule has 23 heavy (non-hydrogen) atoms. The van der Waals surface area contributed by atoms with Crippen molar-refractivity contribution in [1.29, 1.82) is 0 Å². The fraction of sp³-hybridized carbons (Fsp3) is 0.118. The Morgan fingerprint density at radius 2 is 1.96 bits per heavy atom. The number of aromatic amines is 1. The van der Waals surface area contributed by atoms with Gasteiger partial charge in [-0.05, 0) is 49.2 Å². The average Bonchev–Trinajstić information content (AvgIpc) is 2.47. The van der Waals surface area contributed by atoms with Crippen LogP contribution in [0.15, 0.2) is 41.3 Å². The quantitative estimate of drug-likeness (QED) is 0.708. The van der Waals surface area contributed by atoms with E-state index in [4.69, 9.17) is 11.6 Å². The number of carbonyl (C=O) groups is 1. The van der Waals surface area contributed by atoms with Crippen LogP contribution in [-0.4, -0.2) is 15.9 Å². The second kappa shape index (κ2) is 5.85. The maximum absolute atomic E-state index is 12.4. The molecule has 2 N–H and O–H groups in total. The van der Waals surface area contributed by atoms with Gasteiger partial charge in [0.15, 0.2) is 0 Å². The van der Waals surface area contributed by atoms with E-state index in [-0.39, 0.29) is 16.6 Å². The second-order valence-corrected chi connectivity index (χ2v) is 5.68. The molecule has 1 aromatic carbocycles. The van der Waals surface area contributed by atoms with E-state index in [9.17, 15) is 9.59 Å². The van der Waals surface area contributed by atoms with Crippen LogP contribution in [-0.2, 0) is 0 Å². The highest BCUT2D eigenvalue weighted by atomic mass is 35.5. The molecule has 0 aliphatic carbocycles. The van der Waals surface area contributed by atoms with Crippen molar-refractivity contribution in [2.24, 2.45) is 0 Å². The second-order valence-electron chi connectivity index (χ2n) is 5.32. The highest BCUT2D eigenvalue weighted by Crippen LogP contribution is 2.22. The molecule has 6 heteroatoms. The van der Waals surface area contributed by atoms with Crippen LogP contribution in [0.25, 0.3) is 10.9 Å². The fourth-order valence-corrected chi connectivity index (χ4v) is 2.78. The molecule has 0 fully saturated rings. The van der Waals surface area contributed by atoms with Crippen molar-refractivity contribution in [2.45, 2.75) is 13.8 Å². The summed E-state index contributed by atoms with van der Waals surface area (Å²) in [5, 5.41) is 3.86. The summed E-state index contributed by atoms with van der Waals surface area (Å²) in [6, 6.07) is 8.57. The summed E-state index contributed by atoms with van der Waals surface area (Å²) in [4.78, 5) is 30.6. The third kappa shape index (κ3) is 2.96. The van der Waals surface area contributed by atoms with E-state index in [2.05, 4.69) is 15.3 Å². The number of carbonyl (C=O) groups excluding carboxylic acids is 1. The third-order valence-corrected chi connectivity index (χ3v) is 3.93. The lowest BCUT2D eigenvalue weighted by molar-refractivity contribution is 0.102. The molecule has 0 spiro atoms. The van der Waals surface area contributed by atoms with E-state index in [1.807, 2.05) is 13.0 Å². The van der Waals surface area contributed by atoms with Crippen molar-refractivity contribution in [3.05, 3.63) is 68.7 Å². The summed E-state index contributed by atoms with van der Waals surface area (Å²) in [5.41, 5.74) is 3.15. The van der Waals surface area contributed by atoms with E-state index >= 15 is 0 Å². The Kier molecular flexibility index (Phi) is 3.88.